The summed E-state index contributed by atoms with van der Waals surface area (Å²) in [5.41, 5.74) is 0. The van der Waals surface area contributed by atoms with Gasteiger partial charge in [-0.1, -0.05) is 0 Å². The smallest absolute Gasteiger partial charge is 0.235 e. The molecule has 2 saturated carbocycles. The molecule has 2 aliphatic rings. The van der Waals surface area contributed by atoms with Crippen LogP contribution < -0.4 is 0 Å². The summed E-state index contributed by atoms with van der Waals surface area (Å²) in [7, 11) is 4.67. The Labute approximate surface area is 126 Å². The highest BCUT2D eigenvalue weighted by atomic mass is 16.1. The van der Waals surface area contributed by atoms with Gasteiger partial charge in [-0.2, -0.15) is 0 Å². The molecule has 0 aromatic rings. The molecule has 21 heavy (non-hydrogen) atoms. The second kappa shape index (κ2) is 7.13. The van der Waals surface area contributed by atoms with Crippen LogP contribution in [0, 0.1) is 0 Å². The highest BCUT2D eigenvalue weighted by Crippen LogP contribution is 2.35. The van der Waals surface area contributed by atoms with Gasteiger partial charge in [0.15, 0.2) is 0 Å². The van der Waals surface area contributed by atoms with E-state index in [1.807, 2.05) is 0 Å². The van der Waals surface area contributed by atoms with E-state index in [2.05, 4.69) is 24.1 Å². The molecule has 0 N–H and O–H groups in total. The lowest BCUT2D eigenvalue weighted by Crippen LogP contribution is -2.58. The van der Waals surface area contributed by atoms with Crippen molar-refractivity contribution in [3.05, 3.63) is 0 Å². The first-order valence-electron chi connectivity index (χ1n) is 8.05. The summed E-state index contributed by atoms with van der Waals surface area (Å²) in [6.07, 6.45) is 12.0. The van der Waals surface area contributed by atoms with E-state index < -0.39 is 0 Å². The Morgan fingerprint density at radius 3 is 1.33 bits per heavy atom. The molecule has 0 aliphatic heterocycles. The van der Waals surface area contributed by atoms with Crippen molar-refractivity contribution in [3.8, 4) is 0 Å². The van der Waals surface area contributed by atoms with Gasteiger partial charge in [0.2, 0.25) is 12.2 Å². The van der Waals surface area contributed by atoms with Crippen molar-refractivity contribution in [1.29, 1.82) is 0 Å². The van der Waals surface area contributed by atoms with Gasteiger partial charge in [-0.3, -0.25) is 0 Å². The Balaban J connectivity index is 1.90. The predicted molar refractivity (Wildman–Crippen MR) is 80.4 cm³/mol. The second-order valence-corrected chi connectivity index (χ2v) is 6.99. The minimum Gasteiger partial charge on any atom is -0.324 e. The van der Waals surface area contributed by atoms with Gasteiger partial charge in [-0.25, -0.2) is 19.6 Å². The van der Waals surface area contributed by atoms with Crippen molar-refractivity contribution in [2.75, 3.05) is 14.1 Å². The molecule has 0 aromatic carbocycles. The van der Waals surface area contributed by atoms with Crippen molar-refractivity contribution in [2.45, 2.75) is 75.5 Å². The van der Waals surface area contributed by atoms with E-state index in [4.69, 9.17) is 0 Å². The molecule has 0 bridgehead atoms. The molecule has 0 heterocycles. The highest BCUT2D eigenvalue weighted by molar-refractivity contribution is 5.33. The van der Waals surface area contributed by atoms with Gasteiger partial charge in [-0.15, -0.1) is 0 Å². The fourth-order valence-corrected chi connectivity index (χ4v) is 4.15. The van der Waals surface area contributed by atoms with Crippen molar-refractivity contribution in [3.63, 3.8) is 0 Å². The zero-order valence-electron chi connectivity index (χ0n) is 13.1. The van der Waals surface area contributed by atoms with Gasteiger partial charge in [0.25, 0.3) is 0 Å². The van der Waals surface area contributed by atoms with E-state index in [0.29, 0.717) is 12.1 Å². The number of carbonyl (C=O) groups excluding carboxylic acids is 2. The van der Waals surface area contributed by atoms with E-state index >= 15 is 0 Å². The third kappa shape index (κ3) is 3.88. The van der Waals surface area contributed by atoms with Crippen LogP contribution in [-0.4, -0.2) is 54.9 Å². The molecule has 0 spiro atoms. The average molecular weight is 292 g/mol. The van der Waals surface area contributed by atoms with Gasteiger partial charge in [0.1, 0.15) is 0 Å². The predicted octanol–water partition coefficient (Wildman–Crippen LogP) is 2.36. The number of nitrogens with zero attached hydrogens (tertiary/aromatic N) is 3. The van der Waals surface area contributed by atoms with Crippen LogP contribution in [0.25, 0.3) is 0 Å². The van der Waals surface area contributed by atoms with Gasteiger partial charge in [0, 0.05) is 25.7 Å². The maximum atomic E-state index is 10.4. The quantitative estimate of drug-likeness (QED) is 0.454. The Morgan fingerprint density at radius 2 is 1.05 bits per heavy atom. The molecule has 0 aromatic heterocycles. The molecular weight excluding hydrogens is 266 g/mol. The number of isocyanates is 2. The fraction of sp³-hybridized carbons (Fsp3) is 0.875. The maximum Gasteiger partial charge on any atom is 0.235 e. The molecule has 0 amide bonds. The zero-order valence-corrected chi connectivity index (χ0v) is 13.1. The Kier molecular flexibility index (Phi) is 5.46. The second-order valence-electron chi connectivity index (χ2n) is 6.99. The molecule has 2 aliphatic carbocycles. The molecule has 2 rings (SSSR count). The van der Waals surface area contributed by atoms with Gasteiger partial charge >= 0.3 is 0 Å². The van der Waals surface area contributed by atoms with Crippen LogP contribution >= 0.6 is 0 Å². The number of hydrogen-bond donors (Lipinski definition) is 0. The fourth-order valence-electron chi connectivity index (χ4n) is 4.15. The van der Waals surface area contributed by atoms with Crippen molar-refractivity contribution >= 4 is 12.2 Å². The molecule has 5 heteroatoms. The average Bonchev–Trinajstić information content (AvgIpc) is 2.49. The molecule has 0 unspecified atom stereocenters. The third-order valence-electron chi connectivity index (χ3n) is 5.69. The maximum absolute atomic E-state index is 10.4. The van der Waals surface area contributed by atoms with Crippen molar-refractivity contribution in [1.82, 2.24) is 0 Å². The number of rotatable bonds is 4. The summed E-state index contributed by atoms with van der Waals surface area (Å²) in [6.45, 7) is 0. The van der Waals surface area contributed by atoms with Crippen LogP contribution in [0.15, 0.2) is 9.98 Å². The molecule has 0 radical (unpaired) electrons. The van der Waals surface area contributed by atoms with Crippen LogP contribution in [0.4, 0.5) is 0 Å². The summed E-state index contributed by atoms with van der Waals surface area (Å²) >= 11 is 0. The van der Waals surface area contributed by atoms with Crippen LogP contribution in [0.3, 0.4) is 0 Å². The van der Waals surface area contributed by atoms with Gasteiger partial charge in [0.05, 0.1) is 38.3 Å². The van der Waals surface area contributed by atoms with Gasteiger partial charge < -0.3 is 4.48 Å². The van der Waals surface area contributed by atoms with Crippen molar-refractivity contribution < 1.29 is 14.1 Å². The third-order valence-corrected chi connectivity index (χ3v) is 5.69. The first-order chi connectivity index (χ1) is 10.1. The summed E-state index contributed by atoms with van der Waals surface area (Å²) < 4.78 is 1.05. The largest absolute Gasteiger partial charge is 0.324 e. The first kappa shape index (κ1) is 16.1. The summed E-state index contributed by atoms with van der Waals surface area (Å²) in [5, 5.41) is 0. The van der Waals surface area contributed by atoms with Crippen LogP contribution in [0.1, 0.15) is 51.4 Å². The van der Waals surface area contributed by atoms with E-state index in [1.54, 1.807) is 12.2 Å². The lowest BCUT2D eigenvalue weighted by Gasteiger charge is -2.48. The van der Waals surface area contributed by atoms with Gasteiger partial charge in [-0.05, 0) is 25.7 Å². The Morgan fingerprint density at radius 1 is 0.714 bits per heavy atom. The molecule has 116 valence electrons. The first-order valence-corrected chi connectivity index (χ1v) is 8.05. The van der Waals surface area contributed by atoms with Crippen LogP contribution in [0.2, 0.25) is 0 Å². The van der Waals surface area contributed by atoms with Crippen molar-refractivity contribution in [2.24, 2.45) is 9.98 Å². The van der Waals surface area contributed by atoms with E-state index in [1.165, 1.54) is 0 Å². The molecule has 0 atom stereocenters. The van der Waals surface area contributed by atoms with E-state index in [0.717, 1.165) is 55.8 Å². The monoisotopic (exact) mass is 292 g/mol. The Hall–Kier alpha value is -1.28. The normalized spacial score (nSPS) is 33.6. The summed E-state index contributed by atoms with van der Waals surface area (Å²) in [6, 6.07) is 1.69. The summed E-state index contributed by atoms with van der Waals surface area (Å²) in [5.74, 6) is 0. The van der Waals surface area contributed by atoms with Crippen LogP contribution in [0.5, 0.6) is 0 Å². The molecule has 5 nitrogen and oxygen atoms in total. The molecule has 0 saturated heterocycles. The Bertz CT molecular complexity index is 394. The van der Waals surface area contributed by atoms with Crippen LogP contribution in [-0.2, 0) is 9.59 Å². The standard InChI is InChI=1S/C16H26N3O2/c1-19(2,15-7-3-13(4-8-15)17-11-20)16-9-5-14(6-10-16)18-12-21/h13-16H,3-10H2,1-2H3/q+1. The lowest BCUT2D eigenvalue weighted by molar-refractivity contribution is -0.941. The zero-order chi connectivity index (χ0) is 15.3. The number of quaternary nitrogens is 1. The highest BCUT2D eigenvalue weighted by Gasteiger charge is 2.40. The molecular formula is C16H26N3O2+. The number of aliphatic imine (C=N–C) groups is 2. The topological polar surface area (TPSA) is 58.9 Å². The van der Waals surface area contributed by atoms with E-state index in [9.17, 15) is 9.59 Å². The molecule has 2 fully saturated rings. The lowest BCUT2D eigenvalue weighted by atomic mass is 9.84. The minimum absolute atomic E-state index is 0.191. The SMILES string of the molecule is C[N+](C)(C1CCC(N=C=O)CC1)C1CCC(N=C=O)CC1. The minimum atomic E-state index is 0.191. The number of hydrogen-bond acceptors (Lipinski definition) is 4. The summed E-state index contributed by atoms with van der Waals surface area (Å²) in [4.78, 5) is 28.5. The van der Waals surface area contributed by atoms with E-state index in [-0.39, 0.29) is 12.1 Å².